The summed E-state index contributed by atoms with van der Waals surface area (Å²) in [5.41, 5.74) is 1.06. The Labute approximate surface area is 44.2 Å². The molecule has 0 aromatic heterocycles. The van der Waals surface area contributed by atoms with E-state index < -0.39 is 0 Å². The lowest BCUT2D eigenvalue weighted by Crippen LogP contribution is -2.14. The van der Waals surface area contributed by atoms with E-state index in [1.54, 1.807) is 0 Å². The predicted octanol–water partition coefficient (Wildman–Crippen LogP) is 1.65. The zero-order valence-corrected chi connectivity index (χ0v) is 4.28. The molecule has 3 fully saturated rings. The highest BCUT2D eigenvalue weighted by atomic mass is 14.4. The largest absolute Gasteiger partial charge is 0.0555 e. The molecule has 2 radical (unpaired) electrons. The van der Waals surface area contributed by atoms with Crippen molar-refractivity contribution in [1.82, 2.24) is 0 Å². The van der Waals surface area contributed by atoms with Gasteiger partial charge >= 0.3 is 0 Å². The third-order valence-electron chi connectivity index (χ3n) is 2.31. The molecule has 0 amide bonds. The van der Waals surface area contributed by atoms with Crippen molar-refractivity contribution in [1.29, 1.82) is 0 Å². The first-order valence-corrected chi connectivity index (χ1v) is 2.96. The first kappa shape index (κ1) is 3.71. The highest BCUT2D eigenvalue weighted by molar-refractivity contribution is 5.19. The molecular weight excluding hydrogens is 84.1 g/mol. The highest BCUT2D eigenvalue weighted by Crippen LogP contribution is 2.51. The minimum Gasteiger partial charge on any atom is -0.0555 e. The van der Waals surface area contributed by atoms with E-state index in [4.69, 9.17) is 6.58 Å². The molecule has 0 aromatic rings. The SMILES string of the molecule is [C]=C1[C@@H]2CC[C@H]1C2. The molecule has 0 heteroatoms. The molecule has 0 spiro atoms. The first-order chi connectivity index (χ1) is 3.38. The minimum atomic E-state index is 0.741. The third kappa shape index (κ3) is 0.287. The van der Waals surface area contributed by atoms with Crippen LogP contribution in [0.15, 0.2) is 5.57 Å². The van der Waals surface area contributed by atoms with E-state index >= 15 is 0 Å². The van der Waals surface area contributed by atoms with Crippen molar-refractivity contribution in [2.24, 2.45) is 11.8 Å². The van der Waals surface area contributed by atoms with Crippen LogP contribution in [0.25, 0.3) is 0 Å². The summed E-state index contributed by atoms with van der Waals surface area (Å²) in [6.07, 6.45) is 3.99. The van der Waals surface area contributed by atoms with E-state index in [9.17, 15) is 0 Å². The molecule has 0 N–H and O–H groups in total. The van der Waals surface area contributed by atoms with Crippen molar-refractivity contribution < 1.29 is 0 Å². The van der Waals surface area contributed by atoms with Gasteiger partial charge in [-0.1, -0.05) is 5.57 Å². The van der Waals surface area contributed by atoms with Crippen LogP contribution in [0, 0.1) is 18.4 Å². The maximum atomic E-state index is 7.30. The average Bonchev–Trinajstić information content (AvgIpc) is 2.18. The molecule has 0 saturated heterocycles. The van der Waals surface area contributed by atoms with Gasteiger partial charge in [-0.05, 0) is 37.7 Å². The van der Waals surface area contributed by atoms with Crippen molar-refractivity contribution in [2.45, 2.75) is 19.3 Å². The summed E-state index contributed by atoms with van der Waals surface area (Å²) in [5, 5.41) is 0. The van der Waals surface area contributed by atoms with Gasteiger partial charge in [-0.2, -0.15) is 0 Å². The van der Waals surface area contributed by atoms with Gasteiger partial charge in [0.05, 0.1) is 0 Å². The molecule has 3 rings (SSSR count). The van der Waals surface area contributed by atoms with Crippen molar-refractivity contribution >= 4 is 0 Å². The van der Waals surface area contributed by atoms with Crippen LogP contribution in [0.3, 0.4) is 0 Å². The molecule has 36 valence electrons. The number of rotatable bonds is 0. The molecule has 0 aromatic carbocycles. The van der Waals surface area contributed by atoms with E-state index in [-0.39, 0.29) is 0 Å². The van der Waals surface area contributed by atoms with Gasteiger partial charge in [-0.15, -0.1) is 0 Å². The van der Waals surface area contributed by atoms with E-state index in [0.717, 1.165) is 17.4 Å². The quantitative estimate of drug-likeness (QED) is 0.426. The van der Waals surface area contributed by atoms with Gasteiger partial charge < -0.3 is 0 Å². The third-order valence-corrected chi connectivity index (χ3v) is 2.31. The number of allylic oxidation sites excluding steroid dienone is 1. The van der Waals surface area contributed by atoms with E-state index in [2.05, 4.69) is 0 Å². The maximum absolute atomic E-state index is 7.30. The molecule has 3 aliphatic carbocycles. The average molecular weight is 92.1 g/mol. The Kier molecular flexibility index (Phi) is 0.495. The van der Waals surface area contributed by atoms with Gasteiger partial charge in [0.2, 0.25) is 0 Å². The standard InChI is InChI=1S/C7H8/c1-5-6-2-3-7(5)4-6/h6-7H,2-4H2/t6-,7+. The normalized spacial score (nSPS) is 46.6. The van der Waals surface area contributed by atoms with Crippen molar-refractivity contribution in [3.8, 4) is 0 Å². The molecule has 3 aliphatic rings. The maximum Gasteiger partial charge on any atom is -0.0102 e. The van der Waals surface area contributed by atoms with E-state index in [1.807, 2.05) is 0 Å². The van der Waals surface area contributed by atoms with Crippen LogP contribution in [0.4, 0.5) is 0 Å². The number of fused-ring (bicyclic) bond motifs is 1. The van der Waals surface area contributed by atoms with Crippen LogP contribution in [0.2, 0.25) is 0 Å². The van der Waals surface area contributed by atoms with Crippen LogP contribution >= 0.6 is 0 Å². The minimum absolute atomic E-state index is 0.741. The van der Waals surface area contributed by atoms with Crippen molar-refractivity contribution in [2.75, 3.05) is 0 Å². The zero-order chi connectivity index (χ0) is 4.85. The Morgan fingerprint density at radius 2 is 1.86 bits per heavy atom. The fourth-order valence-electron chi connectivity index (χ4n) is 1.72. The van der Waals surface area contributed by atoms with Gasteiger partial charge in [0.1, 0.15) is 0 Å². The van der Waals surface area contributed by atoms with Crippen molar-refractivity contribution in [3.05, 3.63) is 12.2 Å². The Morgan fingerprint density at radius 3 is 2.00 bits per heavy atom. The smallest absolute Gasteiger partial charge is 0.0102 e. The van der Waals surface area contributed by atoms with Gasteiger partial charge in [-0.3, -0.25) is 0 Å². The van der Waals surface area contributed by atoms with Gasteiger partial charge in [0.25, 0.3) is 0 Å². The summed E-state index contributed by atoms with van der Waals surface area (Å²) >= 11 is 0. The fraction of sp³-hybridized carbons (Fsp3) is 0.714. The summed E-state index contributed by atoms with van der Waals surface area (Å²) in [6, 6.07) is 0. The van der Waals surface area contributed by atoms with Crippen LogP contribution < -0.4 is 0 Å². The zero-order valence-electron chi connectivity index (χ0n) is 4.28. The van der Waals surface area contributed by atoms with Crippen LogP contribution in [0.1, 0.15) is 19.3 Å². The lowest BCUT2D eigenvalue weighted by Gasteiger charge is -2.25. The molecule has 0 aliphatic heterocycles. The molecular formula is C7H8. The predicted molar refractivity (Wildman–Crippen MR) is 27.6 cm³/mol. The lowest BCUT2D eigenvalue weighted by molar-refractivity contribution is 0.445. The Hall–Kier alpha value is -0.260. The summed E-state index contributed by atoms with van der Waals surface area (Å²) in [5.74, 6) is 1.48. The molecule has 0 heterocycles. The van der Waals surface area contributed by atoms with E-state index in [1.165, 1.54) is 19.3 Å². The lowest BCUT2D eigenvalue weighted by atomic mass is 9.80. The Balaban J connectivity index is 2.29. The van der Waals surface area contributed by atoms with Crippen LogP contribution in [0.5, 0.6) is 0 Å². The van der Waals surface area contributed by atoms with Crippen LogP contribution in [-0.4, -0.2) is 0 Å². The van der Waals surface area contributed by atoms with Crippen molar-refractivity contribution in [3.63, 3.8) is 0 Å². The monoisotopic (exact) mass is 92.1 g/mol. The van der Waals surface area contributed by atoms with Gasteiger partial charge in [0, 0.05) is 0 Å². The second kappa shape index (κ2) is 0.936. The van der Waals surface area contributed by atoms with Gasteiger partial charge in [-0.25, -0.2) is 0 Å². The highest BCUT2D eigenvalue weighted by Gasteiger charge is 2.40. The second-order valence-electron chi connectivity index (χ2n) is 2.66. The van der Waals surface area contributed by atoms with E-state index in [0.29, 0.717) is 0 Å². The molecule has 0 unspecified atom stereocenters. The topological polar surface area (TPSA) is 0 Å². The first-order valence-electron chi connectivity index (χ1n) is 2.96. The second-order valence-corrected chi connectivity index (χ2v) is 2.66. The molecule has 7 heavy (non-hydrogen) atoms. The summed E-state index contributed by atoms with van der Waals surface area (Å²) in [6.45, 7) is 7.30. The summed E-state index contributed by atoms with van der Waals surface area (Å²) in [4.78, 5) is 0. The fourth-order valence-corrected chi connectivity index (χ4v) is 1.72. The van der Waals surface area contributed by atoms with Gasteiger partial charge in [0.15, 0.2) is 0 Å². The number of hydrogen-bond acceptors (Lipinski definition) is 0. The summed E-state index contributed by atoms with van der Waals surface area (Å²) < 4.78 is 0. The Morgan fingerprint density at radius 1 is 1.29 bits per heavy atom. The summed E-state index contributed by atoms with van der Waals surface area (Å²) in [7, 11) is 0. The molecule has 2 atom stereocenters. The van der Waals surface area contributed by atoms with Crippen LogP contribution in [-0.2, 0) is 0 Å². The molecule has 3 saturated carbocycles. The molecule has 2 bridgehead atoms. The Bertz CT molecular complexity index is 97.2. The number of hydrogen-bond donors (Lipinski definition) is 0. The molecule has 0 nitrogen and oxygen atoms in total.